The number of hydrogen-bond acceptors (Lipinski definition) is 6. The molecule has 0 fully saturated rings. The van der Waals surface area contributed by atoms with E-state index in [-0.39, 0.29) is 18.1 Å². The second-order valence-corrected chi connectivity index (χ2v) is 10.0. The van der Waals surface area contributed by atoms with Crippen molar-refractivity contribution in [3.63, 3.8) is 0 Å². The minimum atomic E-state index is -3.83. The zero-order valence-corrected chi connectivity index (χ0v) is 21.8. The molecule has 2 amide bonds. The van der Waals surface area contributed by atoms with Gasteiger partial charge in [-0.2, -0.15) is 0 Å². The molecule has 0 aliphatic heterocycles. The predicted molar refractivity (Wildman–Crippen MR) is 136 cm³/mol. The van der Waals surface area contributed by atoms with Gasteiger partial charge in [0.25, 0.3) is 0 Å². The first-order valence-electron chi connectivity index (χ1n) is 11.4. The van der Waals surface area contributed by atoms with Crippen molar-refractivity contribution in [3.8, 4) is 11.5 Å². The Balaban J connectivity index is 2.34. The second kappa shape index (κ2) is 13.0. The van der Waals surface area contributed by atoms with Crippen LogP contribution in [0, 0.1) is 0 Å². The molecule has 192 valence electrons. The molecule has 0 saturated carbocycles. The van der Waals surface area contributed by atoms with Crippen LogP contribution in [0.2, 0.25) is 0 Å². The van der Waals surface area contributed by atoms with Crippen molar-refractivity contribution in [1.82, 2.24) is 10.2 Å². The van der Waals surface area contributed by atoms with Crippen molar-refractivity contribution >= 4 is 27.5 Å². The molecular formula is C25H35N3O6S. The number of carbonyl (C=O) groups excluding carboxylic acids is 2. The van der Waals surface area contributed by atoms with Crippen molar-refractivity contribution in [3.05, 3.63) is 54.1 Å². The van der Waals surface area contributed by atoms with E-state index in [9.17, 15) is 18.0 Å². The van der Waals surface area contributed by atoms with Crippen molar-refractivity contribution in [1.29, 1.82) is 0 Å². The maximum Gasteiger partial charge on any atom is 0.244 e. The number of benzene rings is 2. The van der Waals surface area contributed by atoms with Gasteiger partial charge in [0.15, 0.2) is 11.5 Å². The molecule has 0 heterocycles. The molecule has 2 aromatic rings. The highest BCUT2D eigenvalue weighted by Crippen LogP contribution is 2.32. The van der Waals surface area contributed by atoms with Gasteiger partial charge in [-0.1, -0.05) is 37.3 Å². The first-order chi connectivity index (χ1) is 16.6. The number of nitrogens with one attached hydrogen (secondary N) is 1. The van der Waals surface area contributed by atoms with Gasteiger partial charge in [0, 0.05) is 19.2 Å². The number of ether oxygens (including phenoxy) is 2. The number of sulfonamides is 1. The highest BCUT2D eigenvalue weighted by atomic mass is 32.2. The van der Waals surface area contributed by atoms with E-state index >= 15 is 0 Å². The minimum Gasteiger partial charge on any atom is -0.493 e. The Hall–Kier alpha value is -3.27. The zero-order chi connectivity index (χ0) is 26.0. The summed E-state index contributed by atoms with van der Waals surface area (Å²) in [4.78, 5) is 27.6. The normalized spacial score (nSPS) is 11.9. The number of methoxy groups -OCH3 is 2. The van der Waals surface area contributed by atoms with E-state index in [0.29, 0.717) is 24.5 Å². The smallest absolute Gasteiger partial charge is 0.244 e. The van der Waals surface area contributed by atoms with Crippen LogP contribution in [0.4, 0.5) is 5.69 Å². The van der Waals surface area contributed by atoms with Gasteiger partial charge in [0.1, 0.15) is 12.6 Å². The number of amides is 2. The van der Waals surface area contributed by atoms with Gasteiger partial charge in [-0.25, -0.2) is 8.42 Å². The molecule has 35 heavy (non-hydrogen) atoms. The molecule has 0 aromatic heterocycles. The first-order valence-corrected chi connectivity index (χ1v) is 13.3. The molecule has 0 aliphatic rings. The number of hydrogen-bond donors (Lipinski definition) is 1. The Morgan fingerprint density at radius 3 is 2.26 bits per heavy atom. The number of nitrogens with zero attached hydrogens (tertiary/aromatic N) is 2. The Morgan fingerprint density at radius 2 is 1.69 bits per heavy atom. The number of rotatable bonds is 13. The molecule has 1 atom stereocenters. The van der Waals surface area contributed by atoms with Gasteiger partial charge in [-0.15, -0.1) is 0 Å². The first kappa shape index (κ1) is 28.0. The van der Waals surface area contributed by atoms with Crippen LogP contribution in [-0.2, 0) is 26.0 Å². The second-order valence-electron chi connectivity index (χ2n) is 8.10. The van der Waals surface area contributed by atoms with Gasteiger partial charge in [0.05, 0.1) is 26.2 Å². The molecule has 0 unspecified atom stereocenters. The highest BCUT2D eigenvalue weighted by molar-refractivity contribution is 7.92. The summed E-state index contributed by atoms with van der Waals surface area (Å²) in [6.45, 7) is 3.87. The molecule has 0 bridgehead atoms. The lowest BCUT2D eigenvalue weighted by molar-refractivity contribution is -0.138. The Labute approximate surface area is 208 Å². The lowest BCUT2D eigenvalue weighted by Gasteiger charge is -2.31. The summed E-state index contributed by atoms with van der Waals surface area (Å²) < 4.78 is 36.9. The van der Waals surface area contributed by atoms with Crippen LogP contribution < -0.4 is 19.1 Å². The summed E-state index contributed by atoms with van der Waals surface area (Å²) in [7, 11) is -0.908. The van der Waals surface area contributed by atoms with E-state index in [0.717, 1.165) is 22.5 Å². The molecule has 0 aliphatic carbocycles. The van der Waals surface area contributed by atoms with Gasteiger partial charge >= 0.3 is 0 Å². The molecular weight excluding hydrogens is 470 g/mol. The zero-order valence-electron chi connectivity index (χ0n) is 21.0. The molecule has 0 radical (unpaired) electrons. The van der Waals surface area contributed by atoms with Crippen molar-refractivity contribution in [2.45, 2.75) is 32.7 Å². The summed E-state index contributed by atoms with van der Waals surface area (Å²) in [5.74, 6) is -0.00773. The summed E-state index contributed by atoms with van der Waals surface area (Å²) in [5, 5.41) is 2.81. The van der Waals surface area contributed by atoms with E-state index in [4.69, 9.17) is 9.47 Å². The average Bonchev–Trinajstić information content (AvgIpc) is 2.85. The van der Waals surface area contributed by atoms with E-state index in [1.165, 1.54) is 25.2 Å². The van der Waals surface area contributed by atoms with Gasteiger partial charge in [0.2, 0.25) is 21.8 Å². The van der Waals surface area contributed by atoms with Gasteiger partial charge < -0.3 is 19.7 Å². The fourth-order valence-electron chi connectivity index (χ4n) is 3.56. The van der Waals surface area contributed by atoms with Crippen LogP contribution >= 0.6 is 0 Å². The monoisotopic (exact) mass is 505 g/mol. The summed E-state index contributed by atoms with van der Waals surface area (Å²) >= 11 is 0. The quantitative estimate of drug-likeness (QED) is 0.448. The molecule has 0 saturated heterocycles. The molecule has 2 rings (SSSR count). The maximum absolute atomic E-state index is 13.5. The van der Waals surface area contributed by atoms with Crippen LogP contribution in [0.5, 0.6) is 11.5 Å². The van der Waals surface area contributed by atoms with Crippen LogP contribution in [0.3, 0.4) is 0 Å². The molecule has 0 spiro atoms. The third-order valence-corrected chi connectivity index (χ3v) is 6.68. The molecule has 10 heteroatoms. The Bertz CT molecular complexity index is 1090. The average molecular weight is 506 g/mol. The fraction of sp³-hybridized carbons (Fsp3) is 0.440. The molecule has 2 aromatic carbocycles. The Morgan fingerprint density at radius 1 is 1.03 bits per heavy atom. The van der Waals surface area contributed by atoms with E-state index in [1.54, 1.807) is 19.1 Å². The molecule has 9 nitrogen and oxygen atoms in total. The van der Waals surface area contributed by atoms with E-state index in [1.807, 2.05) is 37.3 Å². The maximum atomic E-state index is 13.5. The number of carbonyl (C=O) groups is 2. The van der Waals surface area contributed by atoms with Crippen molar-refractivity contribution in [2.24, 2.45) is 0 Å². The fourth-order valence-corrected chi connectivity index (χ4v) is 4.40. The SMILES string of the molecule is CCCNC(=O)[C@@H](C)N(CCc1ccccc1)C(=O)CN(c1ccc(OC)c(OC)c1)S(C)(=O)=O. The van der Waals surface area contributed by atoms with Gasteiger partial charge in [-0.3, -0.25) is 13.9 Å². The Kier molecular flexibility index (Phi) is 10.4. The van der Waals surface area contributed by atoms with Crippen LogP contribution in [0.1, 0.15) is 25.8 Å². The van der Waals surface area contributed by atoms with Crippen LogP contribution in [-0.4, -0.2) is 71.3 Å². The summed E-state index contributed by atoms with van der Waals surface area (Å²) in [6.07, 6.45) is 2.31. The third-order valence-electron chi connectivity index (χ3n) is 5.54. The highest BCUT2D eigenvalue weighted by Gasteiger charge is 2.30. The van der Waals surface area contributed by atoms with Crippen LogP contribution in [0.25, 0.3) is 0 Å². The lowest BCUT2D eigenvalue weighted by Crippen LogP contribution is -2.52. The van der Waals surface area contributed by atoms with Crippen LogP contribution in [0.15, 0.2) is 48.5 Å². The van der Waals surface area contributed by atoms with Gasteiger partial charge in [-0.05, 0) is 37.5 Å². The minimum absolute atomic E-state index is 0.254. The topological polar surface area (TPSA) is 105 Å². The van der Waals surface area contributed by atoms with E-state index in [2.05, 4.69) is 5.32 Å². The third kappa shape index (κ3) is 7.88. The predicted octanol–water partition coefficient (Wildman–Crippen LogP) is 2.46. The van der Waals surface area contributed by atoms with E-state index < -0.39 is 28.5 Å². The number of anilines is 1. The molecule has 1 N–H and O–H groups in total. The summed E-state index contributed by atoms with van der Waals surface area (Å²) in [5.41, 5.74) is 1.26. The largest absolute Gasteiger partial charge is 0.493 e. The summed E-state index contributed by atoms with van der Waals surface area (Å²) in [6, 6.07) is 13.4. The standard InChI is InChI=1S/C25H35N3O6S/c1-6-15-26-25(30)19(2)27(16-14-20-10-8-7-9-11-20)24(29)18-28(35(5,31)32)21-12-13-22(33-3)23(17-21)34-4/h7-13,17,19H,6,14-16,18H2,1-5H3,(H,26,30)/t19-/m1/s1. The van der Waals surface area contributed by atoms with Crippen molar-refractivity contribution in [2.75, 3.05) is 44.4 Å². The lowest BCUT2D eigenvalue weighted by atomic mass is 10.1. The van der Waals surface area contributed by atoms with Crippen molar-refractivity contribution < 1.29 is 27.5 Å².